The van der Waals surface area contributed by atoms with Gasteiger partial charge in [-0.1, -0.05) is 30.3 Å². The maximum absolute atomic E-state index is 12.6. The van der Waals surface area contributed by atoms with Gasteiger partial charge in [-0.15, -0.1) is 0 Å². The summed E-state index contributed by atoms with van der Waals surface area (Å²) < 4.78 is 0. The van der Waals surface area contributed by atoms with E-state index in [1.807, 2.05) is 31.2 Å². The molecular formula is C19H18N2O4. The summed E-state index contributed by atoms with van der Waals surface area (Å²) in [4.78, 5) is 36.8. The predicted molar refractivity (Wildman–Crippen MR) is 93.5 cm³/mol. The average Bonchev–Trinajstić information content (AvgIpc) is 2.84. The molecule has 0 aromatic heterocycles. The van der Waals surface area contributed by atoms with Crippen molar-refractivity contribution >= 4 is 29.2 Å². The lowest BCUT2D eigenvalue weighted by Crippen LogP contribution is -2.34. The molecule has 25 heavy (non-hydrogen) atoms. The Morgan fingerprint density at radius 3 is 2.48 bits per heavy atom. The van der Waals surface area contributed by atoms with E-state index in [4.69, 9.17) is 5.11 Å². The van der Waals surface area contributed by atoms with Gasteiger partial charge in [-0.05, 0) is 36.2 Å². The maximum Gasteiger partial charge on any atom is 0.307 e. The third-order valence-corrected chi connectivity index (χ3v) is 4.17. The van der Waals surface area contributed by atoms with Gasteiger partial charge in [-0.3, -0.25) is 14.4 Å². The molecule has 6 nitrogen and oxygen atoms in total. The molecule has 2 aromatic carbocycles. The Kier molecular flexibility index (Phi) is 4.52. The summed E-state index contributed by atoms with van der Waals surface area (Å²) in [5, 5.41) is 11.9. The first kappa shape index (κ1) is 16.7. The molecular weight excluding hydrogens is 320 g/mol. The number of anilines is 2. The molecule has 0 aliphatic carbocycles. The molecule has 2 amide bonds. The molecule has 1 saturated heterocycles. The number of carboxylic acids is 1. The summed E-state index contributed by atoms with van der Waals surface area (Å²) in [6.45, 7) is 1.93. The van der Waals surface area contributed by atoms with E-state index in [0.717, 1.165) is 16.2 Å². The molecule has 0 spiro atoms. The zero-order valence-corrected chi connectivity index (χ0v) is 13.7. The fourth-order valence-corrected chi connectivity index (χ4v) is 2.88. The van der Waals surface area contributed by atoms with E-state index < -0.39 is 12.0 Å². The van der Waals surface area contributed by atoms with Crippen molar-refractivity contribution in [1.29, 1.82) is 0 Å². The molecule has 0 radical (unpaired) electrons. The van der Waals surface area contributed by atoms with Gasteiger partial charge in [0.2, 0.25) is 5.91 Å². The number of hydrogen-bond donors (Lipinski definition) is 2. The number of aryl methyl sites for hydroxylation is 1. The van der Waals surface area contributed by atoms with Gasteiger partial charge in [-0.2, -0.15) is 0 Å². The van der Waals surface area contributed by atoms with Crippen molar-refractivity contribution in [3.05, 3.63) is 59.7 Å². The highest BCUT2D eigenvalue weighted by Gasteiger charge is 2.39. The number of nitrogens with one attached hydrogen (secondary N) is 1. The third kappa shape index (κ3) is 3.52. The number of aliphatic carboxylic acids is 1. The second-order valence-corrected chi connectivity index (χ2v) is 6.02. The number of carbonyl (C=O) groups is 3. The average molecular weight is 338 g/mol. The van der Waals surface area contributed by atoms with Crippen LogP contribution in [0.4, 0.5) is 11.4 Å². The molecule has 2 aromatic rings. The van der Waals surface area contributed by atoms with Crippen molar-refractivity contribution < 1.29 is 19.5 Å². The number of benzene rings is 2. The molecule has 1 fully saturated rings. The van der Waals surface area contributed by atoms with Crippen LogP contribution < -0.4 is 10.2 Å². The van der Waals surface area contributed by atoms with Crippen LogP contribution in [0.3, 0.4) is 0 Å². The molecule has 6 heteroatoms. The first-order chi connectivity index (χ1) is 12.0. The maximum atomic E-state index is 12.6. The minimum Gasteiger partial charge on any atom is -0.481 e. The number of imide groups is 1. The van der Waals surface area contributed by atoms with Crippen LogP contribution in [0.15, 0.2) is 48.5 Å². The summed E-state index contributed by atoms with van der Waals surface area (Å²) >= 11 is 0. The van der Waals surface area contributed by atoms with E-state index in [9.17, 15) is 14.4 Å². The van der Waals surface area contributed by atoms with Crippen LogP contribution in [-0.4, -0.2) is 28.9 Å². The summed E-state index contributed by atoms with van der Waals surface area (Å²) in [6.07, 6.45) is -0.0102. The van der Waals surface area contributed by atoms with E-state index >= 15 is 0 Å². The topological polar surface area (TPSA) is 86.7 Å². The lowest BCUT2D eigenvalue weighted by atomic mass is 10.1. The predicted octanol–water partition coefficient (Wildman–Crippen LogP) is 2.37. The number of hydrogen-bond acceptors (Lipinski definition) is 4. The Morgan fingerprint density at radius 1 is 1.16 bits per heavy atom. The molecule has 1 aliphatic rings. The Labute approximate surface area is 145 Å². The lowest BCUT2D eigenvalue weighted by Gasteiger charge is -2.17. The van der Waals surface area contributed by atoms with Crippen molar-refractivity contribution in [2.75, 3.05) is 10.2 Å². The molecule has 3 rings (SSSR count). The van der Waals surface area contributed by atoms with Crippen molar-refractivity contribution in [1.82, 2.24) is 0 Å². The van der Waals surface area contributed by atoms with Crippen molar-refractivity contribution in [2.24, 2.45) is 0 Å². The fraction of sp³-hybridized carbons (Fsp3) is 0.211. The zero-order valence-electron chi connectivity index (χ0n) is 13.7. The van der Waals surface area contributed by atoms with E-state index in [-0.39, 0.29) is 24.7 Å². The van der Waals surface area contributed by atoms with Crippen LogP contribution >= 0.6 is 0 Å². The monoisotopic (exact) mass is 338 g/mol. The number of carboxylic acid groups (broad SMARTS) is 1. The molecule has 1 aliphatic heterocycles. The van der Waals surface area contributed by atoms with Crippen molar-refractivity contribution in [2.45, 2.75) is 25.8 Å². The molecule has 1 unspecified atom stereocenters. The summed E-state index contributed by atoms with van der Waals surface area (Å²) in [5.41, 5.74) is 2.90. The van der Waals surface area contributed by atoms with Gasteiger partial charge in [0.15, 0.2) is 0 Å². The van der Waals surface area contributed by atoms with Crippen LogP contribution in [0, 0.1) is 6.92 Å². The number of nitrogens with zero attached hydrogens (tertiary/aromatic N) is 1. The van der Waals surface area contributed by atoms with Gasteiger partial charge >= 0.3 is 5.97 Å². The van der Waals surface area contributed by atoms with E-state index in [2.05, 4.69) is 5.32 Å². The van der Waals surface area contributed by atoms with E-state index in [1.165, 1.54) is 0 Å². The number of para-hydroxylation sites is 1. The van der Waals surface area contributed by atoms with Crippen LogP contribution in [0.25, 0.3) is 0 Å². The van der Waals surface area contributed by atoms with Gasteiger partial charge < -0.3 is 10.4 Å². The molecule has 1 atom stereocenters. The third-order valence-electron chi connectivity index (χ3n) is 4.17. The minimum atomic E-state index is -0.927. The molecule has 2 N–H and O–H groups in total. The normalized spacial score (nSPS) is 17.0. The number of amides is 2. The van der Waals surface area contributed by atoms with Gasteiger partial charge in [0.1, 0.15) is 6.04 Å². The quantitative estimate of drug-likeness (QED) is 0.817. The fourth-order valence-electron chi connectivity index (χ4n) is 2.88. The number of carbonyl (C=O) groups excluding carboxylic acids is 2. The van der Waals surface area contributed by atoms with Crippen LogP contribution in [0.5, 0.6) is 0 Å². The largest absolute Gasteiger partial charge is 0.481 e. The highest BCUT2D eigenvalue weighted by atomic mass is 16.4. The molecule has 1 heterocycles. The van der Waals surface area contributed by atoms with Gasteiger partial charge in [0.05, 0.1) is 18.5 Å². The second kappa shape index (κ2) is 6.76. The first-order valence-corrected chi connectivity index (χ1v) is 7.95. The van der Waals surface area contributed by atoms with Gasteiger partial charge in [0.25, 0.3) is 5.91 Å². The summed E-state index contributed by atoms with van der Waals surface area (Å²) in [5.74, 6) is -1.51. The highest BCUT2D eigenvalue weighted by molar-refractivity contribution is 6.23. The SMILES string of the molecule is Cc1ccccc1NC1CC(=O)N(c2ccc(CC(=O)O)cc2)C1=O. The highest BCUT2D eigenvalue weighted by Crippen LogP contribution is 2.26. The van der Waals surface area contributed by atoms with Gasteiger partial charge in [-0.25, -0.2) is 4.90 Å². The number of rotatable bonds is 5. The summed E-state index contributed by atoms with van der Waals surface area (Å²) in [6, 6.07) is 13.4. The first-order valence-electron chi connectivity index (χ1n) is 7.95. The Hall–Kier alpha value is -3.15. The lowest BCUT2D eigenvalue weighted by molar-refractivity contribution is -0.136. The standard InChI is InChI=1S/C19H18N2O4/c1-12-4-2-3-5-15(12)20-16-11-17(22)21(19(16)25)14-8-6-13(7-9-14)10-18(23)24/h2-9,16,20H,10-11H2,1H3,(H,23,24). The summed E-state index contributed by atoms with van der Waals surface area (Å²) in [7, 11) is 0. The van der Waals surface area contributed by atoms with Crippen molar-refractivity contribution in [3.63, 3.8) is 0 Å². The minimum absolute atomic E-state index is 0.0873. The smallest absolute Gasteiger partial charge is 0.307 e. The molecule has 0 saturated carbocycles. The Balaban J connectivity index is 1.77. The van der Waals surface area contributed by atoms with E-state index in [0.29, 0.717) is 11.3 Å². The van der Waals surface area contributed by atoms with Crippen molar-refractivity contribution in [3.8, 4) is 0 Å². The van der Waals surface area contributed by atoms with Crippen LogP contribution in [0.1, 0.15) is 17.5 Å². The molecule has 128 valence electrons. The Bertz CT molecular complexity index is 830. The van der Waals surface area contributed by atoms with Crippen LogP contribution in [0.2, 0.25) is 0 Å². The molecule has 0 bridgehead atoms. The van der Waals surface area contributed by atoms with Gasteiger partial charge in [0, 0.05) is 5.69 Å². The zero-order chi connectivity index (χ0) is 18.0. The second-order valence-electron chi connectivity index (χ2n) is 6.02. The Morgan fingerprint density at radius 2 is 1.84 bits per heavy atom. The van der Waals surface area contributed by atoms with Crippen LogP contribution in [-0.2, 0) is 20.8 Å². The van der Waals surface area contributed by atoms with E-state index in [1.54, 1.807) is 24.3 Å².